The molecule has 2 rings (SSSR count). The van der Waals surface area contributed by atoms with Crippen LogP contribution in [0, 0.1) is 18.3 Å². The molecular formula is C14H23N3O. The summed E-state index contributed by atoms with van der Waals surface area (Å²) in [4.78, 5) is 14.3. The molecule has 0 radical (unpaired) electrons. The molecule has 0 aromatic heterocycles. The highest BCUT2D eigenvalue weighted by molar-refractivity contribution is 5.83. The number of nitrogens with two attached hydrogens (primary N) is 2. The first-order valence-electron chi connectivity index (χ1n) is 6.93. The van der Waals surface area contributed by atoms with Gasteiger partial charge < -0.3 is 16.4 Å². The van der Waals surface area contributed by atoms with E-state index in [9.17, 15) is 4.79 Å². The number of terminal acetylenes is 1. The van der Waals surface area contributed by atoms with E-state index in [1.54, 1.807) is 4.90 Å². The molecule has 4 N–H and O–H groups in total. The molecule has 1 saturated heterocycles. The van der Waals surface area contributed by atoms with Gasteiger partial charge in [-0.2, -0.15) is 0 Å². The van der Waals surface area contributed by atoms with Crippen molar-refractivity contribution in [2.75, 3.05) is 6.54 Å². The highest BCUT2D eigenvalue weighted by Gasteiger charge is 2.39. The van der Waals surface area contributed by atoms with Gasteiger partial charge in [-0.05, 0) is 31.6 Å². The maximum Gasteiger partial charge on any atom is 0.241 e. The molecule has 1 aliphatic carbocycles. The fraction of sp³-hybridized carbons (Fsp3) is 0.786. The Hall–Kier alpha value is -1.05. The summed E-state index contributed by atoms with van der Waals surface area (Å²) in [5, 5.41) is 0. The number of hydrogen-bond donors (Lipinski definition) is 2. The molecule has 0 aromatic carbocycles. The molecule has 1 amide bonds. The highest BCUT2D eigenvalue weighted by Crippen LogP contribution is 2.30. The van der Waals surface area contributed by atoms with Crippen LogP contribution in [0.1, 0.15) is 38.5 Å². The molecule has 1 unspecified atom stereocenters. The quantitative estimate of drug-likeness (QED) is 0.714. The summed E-state index contributed by atoms with van der Waals surface area (Å²) < 4.78 is 0. The van der Waals surface area contributed by atoms with Crippen LogP contribution in [-0.2, 0) is 4.79 Å². The van der Waals surface area contributed by atoms with Gasteiger partial charge >= 0.3 is 0 Å². The first-order chi connectivity index (χ1) is 8.69. The molecule has 1 aliphatic heterocycles. The van der Waals surface area contributed by atoms with E-state index in [0.29, 0.717) is 12.5 Å². The zero-order chi connectivity index (χ0) is 13.1. The second-order valence-electron chi connectivity index (χ2n) is 5.47. The van der Waals surface area contributed by atoms with Gasteiger partial charge in [0.2, 0.25) is 5.91 Å². The molecule has 18 heavy (non-hydrogen) atoms. The average Bonchev–Trinajstić information content (AvgIpc) is 3.05. The third-order valence-corrected chi connectivity index (χ3v) is 4.41. The monoisotopic (exact) mass is 249 g/mol. The van der Waals surface area contributed by atoms with Gasteiger partial charge in [-0.15, -0.1) is 6.42 Å². The van der Waals surface area contributed by atoms with Crippen LogP contribution in [0.5, 0.6) is 0 Å². The van der Waals surface area contributed by atoms with E-state index >= 15 is 0 Å². The third-order valence-electron chi connectivity index (χ3n) is 4.41. The Labute approximate surface area is 109 Å². The number of hydrogen-bond acceptors (Lipinski definition) is 3. The molecule has 0 spiro atoms. The summed E-state index contributed by atoms with van der Waals surface area (Å²) in [7, 11) is 0. The Morgan fingerprint density at radius 2 is 2.00 bits per heavy atom. The topological polar surface area (TPSA) is 72.3 Å². The Balaban J connectivity index is 2.07. The molecule has 3 atom stereocenters. The zero-order valence-corrected chi connectivity index (χ0v) is 10.8. The Kier molecular flexibility index (Phi) is 4.26. The zero-order valence-electron chi connectivity index (χ0n) is 10.8. The van der Waals surface area contributed by atoms with Gasteiger partial charge in [0.1, 0.15) is 0 Å². The predicted octanol–water partition coefficient (Wildman–Crippen LogP) is 0.455. The van der Waals surface area contributed by atoms with Crippen molar-refractivity contribution in [1.82, 2.24) is 4.90 Å². The molecule has 100 valence electrons. The van der Waals surface area contributed by atoms with Crippen LogP contribution in [0.3, 0.4) is 0 Å². The number of amides is 1. The number of nitrogens with zero attached hydrogens (tertiary/aromatic N) is 1. The maximum absolute atomic E-state index is 12.5. The fourth-order valence-corrected chi connectivity index (χ4v) is 3.30. The van der Waals surface area contributed by atoms with Crippen molar-refractivity contribution in [3.63, 3.8) is 0 Å². The fourth-order valence-electron chi connectivity index (χ4n) is 3.30. The van der Waals surface area contributed by atoms with E-state index in [4.69, 9.17) is 17.9 Å². The van der Waals surface area contributed by atoms with Gasteiger partial charge in [-0.1, -0.05) is 18.8 Å². The van der Waals surface area contributed by atoms with Crippen LogP contribution < -0.4 is 11.5 Å². The van der Waals surface area contributed by atoms with Gasteiger partial charge in [0.15, 0.2) is 0 Å². The molecule has 0 aromatic rings. The summed E-state index contributed by atoms with van der Waals surface area (Å²) >= 11 is 0. The van der Waals surface area contributed by atoms with Crippen molar-refractivity contribution < 1.29 is 4.79 Å². The van der Waals surface area contributed by atoms with Crippen LogP contribution in [0.25, 0.3) is 0 Å². The largest absolute Gasteiger partial charge is 0.328 e. The number of carbonyl (C=O) groups excluding carboxylic acids is 1. The van der Waals surface area contributed by atoms with Gasteiger partial charge in [0, 0.05) is 12.6 Å². The maximum atomic E-state index is 12.5. The van der Waals surface area contributed by atoms with Crippen molar-refractivity contribution in [3.8, 4) is 12.3 Å². The van der Waals surface area contributed by atoms with Gasteiger partial charge in [-0.3, -0.25) is 4.79 Å². The van der Waals surface area contributed by atoms with Crippen molar-refractivity contribution in [2.45, 2.75) is 56.7 Å². The first kappa shape index (κ1) is 13.4. The van der Waals surface area contributed by atoms with Crippen molar-refractivity contribution >= 4 is 5.91 Å². The lowest BCUT2D eigenvalue weighted by Gasteiger charge is -2.31. The Bertz CT molecular complexity index is 343. The minimum Gasteiger partial charge on any atom is -0.328 e. The van der Waals surface area contributed by atoms with E-state index in [1.165, 1.54) is 12.8 Å². The van der Waals surface area contributed by atoms with Crippen LogP contribution in [-0.4, -0.2) is 35.5 Å². The van der Waals surface area contributed by atoms with E-state index in [2.05, 4.69) is 5.92 Å². The second kappa shape index (κ2) is 5.73. The number of likely N-dealkylation sites (tertiary alicyclic amines) is 1. The SMILES string of the molecule is C#C[C@H]1CC[C@@H](CN)N1C(=O)C(N)C1CCCC1. The average molecular weight is 249 g/mol. The van der Waals surface area contributed by atoms with Gasteiger partial charge in [-0.25, -0.2) is 0 Å². The van der Waals surface area contributed by atoms with Crippen molar-refractivity contribution in [1.29, 1.82) is 0 Å². The lowest BCUT2D eigenvalue weighted by molar-refractivity contribution is -0.135. The second-order valence-corrected chi connectivity index (χ2v) is 5.47. The predicted molar refractivity (Wildman–Crippen MR) is 71.5 cm³/mol. The van der Waals surface area contributed by atoms with E-state index in [1.807, 2.05) is 0 Å². The molecule has 2 fully saturated rings. The minimum absolute atomic E-state index is 0.0119. The molecule has 2 aliphatic rings. The summed E-state index contributed by atoms with van der Waals surface area (Å²) in [5.74, 6) is 3.04. The highest BCUT2D eigenvalue weighted by atomic mass is 16.2. The van der Waals surface area contributed by atoms with Crippen LogP contribution >= 0.6 is 0 Å². The molecular weight excluding hydrogens is 226 g/mol. The van der Waals surface area contributed by atoms with Crippen LogP contribution in [0.4, 0.5) is 0 Å². The van der Waals surface area contributed by atoms with Crippen LogP contribution in [0.2, 0.25) is 0 Å². The van der Waals surface area contributed by atoms with Gasteiger partial charge in [0.25, 0.3) is 0 Å². The lowest BCUT2D eigenvalue weighted by Crippen LogP contribution is -2.53. The summed E-state index contributed by atoms with van der Waals surface area (Å²) in [5.41, 5.74) is 11.9. The molecule has 0 bridgehead atoms. The number of carbonyl (C=O) groups is 1. The number of rotatable bonds is 3. The van der Waals surface area contributed by atoms with Crippen LogP contribution in [0.15, 0.2) is 0 Å². The Morgan fingerprint density at radius 1 is 1.33 bits per heavy atom. The minimum atomic E-state index is -0.393. The van der Waals surface area contributed by atoms with E-state index < -0.39 is 6.04 Å². The molecule has 4 nitrogen and oxygen atoms in total. The molecule has 1 heterocycles. The standard InChI is InChI=1S/C14H23N3O/c1-2-11-7-8-12(9-15)17(11)14(18)13(16)10-5-3-4-6-10/h1,10-13H,3-9,15-16H2/t11-,12-,13?/m0/s1. The van der Waals surface area contributed by atoms with Gasteiger partial charge in [0.05, 0.1) is 12.1 Å². The summed E-state index contributed by atoms with van der Waals surface area (Å²) in [6.45, 7) is 0.474. The van der Waals surface area contributed by atoms with E-state index in [-0.39, 0.29) is 18.0 Å². The smallest absolute Gasteiger partial charge is 0.241 e. The lowest BCUT2D eigenvalue weighted by atomic mass is 9.97. The van der Waals surface area contributed by atoms with E-state index in [0.717, 1.165) is 25.7 Å². The summed E-state index contributed by atoms with van der Waals surface area (Å²) in [6.07, 6.45) is 11.8. The van der Waals surface area contributed by atoms with Crippen molar-refractivity contribution in [3.05, 3.63) is 0 Å². The molecule has 4 heteroatoms. The van der Waals surface area contributed by atoms with Crippen molar-refractivity contribution in [2.24, 2.45) is 17.4 Å². The third kappa shape index (κ3) is 2.38. The normalized spacial score (nSPS) is 30.4. The summed E-state index contributed by atoms with van der Waals surface area (Å²) in [6, 6.07) is -0.431. The Morgan fingerprint density at radius 3 is 2.56 bits per heavy atom. The first-order valence-corrected chi connectivity index (χ1v) is 6.93. The molecule has 1 saturated carbocycles.